The van der Waals surface area contributed by atoms with Gasteiger partial charge in [-0.15, -0.1) is 5.10 Å². The fourth-order valence-electron chi connectivity index (χ4n) is 1.66. The van der Waals surface area contributed by atoms with Gasteiger partial charge in [-0.3, -0.25) is 0 Å². The van der Waals surface area contributed by atoms with E-state index in [4.69, 9.17) is 4.52 Å². The lowest BCUT2D eigenvalue weighted by Gasteiger charge is -2.05. The van der Waals surface area contributed by atoms with Crippen molar-refractivity contribution in [1.82, 2.24) is 15.4 Å². The molecule has 1 aromatic carbocycles. The zero-order chi connectivity index (χ0) is 11.5. The van der Waals surface area contributed by atoms with E-state index in [1.807, 2.05) is 30.3 Å². The standard InChI is InChI=1S/C12H10N4O/c1-2-4-11-9(3-1)7-14-16-12(11)13-8-10-5-6-15-17-10/h1-7H,8H2,(H,13,16). The molecule has 0 fully saturated rings. The molecule has 5 nitrogen and oxygen atoms in total. The van der Waals surface area contributed by atoms with E-state index in [2.05, 4.69) is 20.7 Å². The van der Waals surface area contributed by atoms with Gasteiger partial charge in [-0.25, -0.2) is 0 Å². The van der Waals surface area contributed by atoms with E-state index >= 15 is 0 Å². The van der Waals surface area contributed by atoms with Crippen molar-refractivity contribution in [2.75, 3.05) is 5.32 Å². The summed E-state index contributed by atoms with van der Waals surface area (Å²) in [6, 6.07) is 9.77. The highest BCUT2D eigenvalue weighted by Gasteiger charge is 2.03. The maximum Gasteiger partial charge on any atom is 0.156 e. The van der Waals surface area contributed by atoms with Crippen molar-refractivity contribution in [2.24, 2.45) is 0 Å². The fraction of sp³-hybridized carbons (Fsp3) is 0.0833. The minimum absolute atomic E-state index is 0.544. The van der Waals surface area contributed by atoms with Crippen molar-refractivity contribution < 1.29 is 4.52 Å². The van der Waals surface area contributed by atoms with Gasteiger partial charge in [0.15, 0.2) is 11.6 Å². The van der Waals surface area contributed by atoms with Crippen LogP contribution in [-0.4, -0.2) is 15.4 Å². The summed E-state index contributed by atoms with van der Waals surface area (Å²) in [6.45, 7) is 0.544. The summed E-state index contributed by atoms with van der Waals surface area (Å²) in [4.78, 5) is 0. The molecule has 0 atom stereocenters. The third-order valence-electron chi connectivity index (χ3n) is 2.49. The third kappa shape index (κ3) is 1.94. The third-order valence-corrected chi connectivity index (χ3v) is 2.49. The molecular weight excluding hydrogens is 216 g/mol. The van der Waals surface area contributed by atoms with E-state index in [0.29, 0.717) is 6.54 Å². The van der Waals surface area contributed by atoms with E-state index in [9.17, 15) is 0 Å². The van der Waals surface area contributed by atoms with E-state index in [1.54, 1.807) is 12.4 Å². The molecule has 0 bridgehead atoms. The van der Waals surface area contributed by atoms with Crippen molar-refractivity contribution in [3.05, 3.63) is 48.5 Å². The molecule has 3 rings (SSSR count). The summed E-state index contributed by atoms with van der Waals surface area (Å²) in [6.07, 6.45) is 3.36. The Labute approximate surface area is 97.5 Å². The Bertz CT molecular complexity index is 616. The number of rotatable bonds is 3. The number of anilines is 1. The first-order valence-electron chi connectivity index (χ1n) is 5.27. The largest absolute Gasteiger partial charge is 0.361 e. The molecule has 0 spiro atoms. The monoisotopic (exact) mass is 226 g/mol. The topological polar surface area (TPSA) is 63.8 Å². The molecule has 0 radical (unpaired) electrons. The van der Waals surface area contributed by atoms with E-state index in [0.717, 1.165) is 22.4 Å². The van der Waals surface area contributed by atoms with Crippen LogP contribution in [0.5, 0.6) is 0 Å². The highest BCUT2D eigenvalue weighted by Crippen LogP contribution is 2.19. The second kappa shape index (κ2) is 4.21. The molecule has 84 valence electrons. The number of hydrogen-bond donors (Lipinski definition) is 1. The Kier molecular flexibility index (Phi) is 2.42. The van der Waals surface area contributed by atoms with E-state index in [1.165, 1.54) is 0 Å². The molecule has 5 heteroatoms. The molecule has 0 unspecified atom stereocenters. The predicted molar refractivity (Wildman–Crippen MR) is 63.4 cm³/mol. The average molecular weight is 226 g/mol. The predicted octanol–water partition coefficient (Wildman–Crippen LogP) is 2.23. The average Bonchev–Trinajstić information content (AvgIpc) is 2.89. The molecule has 2 heterocycles. The lowest BCUT2D eigenvalue weighted by molar-refractivity contribution is 0.388. The Morgan fingerprint density at radius 2 is 2.12 bits per heavy atom. The van der Waals surface area contributed by atoms with Crippen LogP contribution in [0.2, 0.25) is 0 Å². The van der Waals surface area contributed by atoms with Gasteiger partial charge in [0.25, 0.3) is 0 Å². The molecule has 0 aliphatic rings. The number of nitrogens with zero attached hydrogens (tertiary/aromatic N) is 3. The molecule has 17 heavy (non-hydrogen) atoms. The van der Waals surface area contributed by atoms with Crippen LogP contribution in [0, 0.1) is 0 Å². The summed E-state index contributed by atoms with van der Waals surface area (Å²) in [5.74, 6) is 1.51. The highest BCUT2D eigenvalue weighted by molar-refractivity contribution is 5.90. The summed E-state index contributed by atoms with van der Waals surface area (Å²) < 4.78 is 5.01. The van der Waals surface area contributed by atoms with Crippen LogP contribution in [0.1, 0.15) is 5.76 Å². The molecule has 1 N–H and O–H groups in total. The van der Waals surface area contributed by atoms with Gasteiger partial charge in [0.1, 0.15) is 0 Å². The maximum atomic E-state index is 5.01. The molecule has 0 saturated heterocycles. The first kappa shape index (κ1) is 9.77. The lowest BCUT2D eigenvalue weighted by atomic mass is 10.2. The van der Waals surface area contributed by atoms with Gasteiger partial charge < -0.3 is 9.84 Å². The van der Waals surface area contributed by atoms with Gasteiger partial charge in [-0.2, -0.15) is 5.10 Å². The number of fused-ring (bicyclic) bond motifs is 1. The lowest BCUT2D eigenvalue weighted by Crippen LogP contribution is -2.02. The summed E-state index contributed by atoms with van der Waals surface area (Å²) >= 11 is 0. The second-order valence-corrected chi connectivity index (χ2v) is 3.61. The van der Waals surface area contributed by atoms with E-state index < -0.39 is 0 Å². The number of hydrogen-bond acceptors (Lipinski definition) is 5. The Balaban J connectivity index is 1.90. The zero-order valence-corrected chi connectivity index (χ0v) is 9.00. The molecular formula is C12H10N4O. The quantitative estimate of drug-likeness (QED) is 0.741. The minimum Gasteiger partial charge on any atom is -0.361 e. The van der Waals surface area contributed by atoms with Crippen molar-refractivity contribution >= 4 is 16.6 Å². The highest BCUT2D eigenvalue weighted by atomic mass is 16.5. The van der Waals surface area contributed by atoms with Gasteiger partial charge in [-0.05, 0) is 0 Å². The molecule has 0 aliphatic carbocycles. The molecule has 0 saturated carbocycles. The van der Waals surface area contributed by atoms with Gasteiger partial charge in [-0.1, -0.05) is 29.4 Å². The first-order valence-corrected chi connectivity index (χ1v) is 5.27. The number of nitrogens with one attached hydrogen (secondary N) is 1. The fourth-order valence-corrected chi connectivity index (χ4v) is 1.66. The minimum atomic E-state index is 0.544. The van der Waals surface area contributed by atoms with Crippen LogP contribution in [-0.2, 0) is 6.54 Å². The molecule has 0 aliphatic heterocycles. The van der Waals surface area contributed by atoms with Crippen molar-refractivity contribution in [3.8, 4) is 0 Å². The van der Waals surface area contributed by atoms with Crippen molar-refractivity contribution in [1.29, 1.82) is 0 Å². The molecule has 2 aromatic heterocycles. The van der Waals surface area contributed by atoms with Gasteiger partial charge in [0.2, 0.25) is 0 Å². The van der Waals surface area contributed by atoms with Crippen LogP contribution in [0.3, 0.4) is 0 Å². The van der Waals surface area contributed by atoms with Crippen LogP contribution >= 0.6 is 0 Å². The van der Waals surface area contributed by atoms with Crippen LogP contribution in [0.25, 0.3) is 10.8 Å². The van der Waals surface area contributed by atoms with Crippen molar-refractivity contribution in [3.63, 3.8) is 0 Å². The second-order valence-electron chi connectivity index (χ2n) is 3.61. The van der Waals surface area contributed by atoms with Crippen LogP contribution in [0.4, 0.5) is 5.82 Å². The van der Waals surface area contributed by atoms with Crippen molar-refractivity contribution in [2.45, 2.75) is 6.54 Å². The Hall–Kier alpha value is -2.43. The van der Waals surface area contributed by atoms with Crippen LogP contribution < -0.4 is 5.32 Å². The normalized spacial score (nSPS) is 10.6. The Morgan fingerprint density at radius 1 is 1.18 bits per heavy atom. The van der Waals surface area contributed by atoms with Crippen LogP contribution in [0.15, 0.2) is 47.2 Å². The first-order chi connectivity index (χ1) is 8.43. The van der Waals surface area contributed by atoms with E-state index in [-0.39, 0.29) is 0 Å². The molecule has 3 aromatic rings. The molecule has 0 amide bonds. The maximum absolute atomic E-state index is 5.01. The number of aromatic nitrogens is 3. The van der Waals surface area contributed by atoms with Gasteiger partial charge in [0, 0.05) is 16.8 Å². The van der Waals surface area contributed by atoms with Gasteiger partial charge >= 0.3 is 0 Å². The smallest absolute Gasteiger partial charge is 0.156 e. The SMILES string of the molecule is c1ccc2c(NCc3ccno3)nncc2c1. The Morgan fingerprint density at radius 3 is 3.00 bits per heavy atom. The summed E-state index contributed by atoms with van der Waals surface area (Å²) in [5.41, 5.74) is 0. The zero-order valence-electron chi connectivity index (χ0n) is 9.00. The number of benzene rings is 1. The summed E-state index contributed by atoms with van der Waals surface area (Å²) in [5, 5.41) is 17.0. The summed E-state index contributed by atoms with van der Waals surface area (Å²) in [7, 11) is 0. The van der Waals surface area contributed by atoms with Gasteiger partial charge in [0.05, 0.1) is 18.9 Å².